The maximum atomic E-state index is 12.0. The first-order valence-corrected chi connectivity index (χ1v) is 7.90. The van der Waals surface area contributed by atoms with Crippen molar-refractivity contribution < 1.29 is 24.2 Å². The van der Waals surface area contributed by atoms with Gasteiger partial charge in [-0.3, -0.25) is 9.59 Å². The maximum Gasteiger partial charge on any atom is 0.334 e. The molecule has 7 nitrogen and oxygen atoms in total. The Bertz CT molecular complexity index is 600. The molecule has 1 fully saturated rings. The summed E-state index contributed by atoms with van der Waals surface area (Å²) in [6.45, 7) is 2.40. The van der Waals surface area contributed by atoms with Crippen LogP contribution in [0.3, 0.4) is 0 Å². The minimum Gasteiger partial charge on any atom is -0.479 e. The van der Waals surface area contributed by atoms with E-state index in [0.29, 0.717) is 19.4 Å². The van der Waals surface area contributed by atoms with Crippen LogP contribution in [0.1, 0.15) is 17.5 Å². The van der Waals surface area contributed by atoms with Crippen LogP contribution in [0.25, 0.3) is 0 Å². The molecule has 1 atom stereocenters. The summed E-state index contributed by atoms with van der Waals surface area (Å²) in [6, 6.07) is 7.95. The van der Waals surface area contributed by atoms with Gasteiger partial charge in [0.1, 0.15) is 0 Å². The Kier molecular flexibility index (Phi) is 6.31. The van der Waals surface area contributed by atoms with Gasteiger partial charge in [-0.05, 0) is 18.9 Å². The van der Waals surface area contributed by atoms with Gasteiger partial charge >= 0.3 is 5.97 Å². The van der Waals surface area contributed by atoms with Gasteiger partial charge in [-0.2, -0.15) is 0 Å². The molecule has 1 aliphatic rings. The number of nitrogens with zero attached hydrogens (tertiary/aromatic N) is 1. The predicted molar refractivity (Wildman–Crippen MR) is 86.5 cm³/mol. The van der Waals surface area contributed by atoms with E-state index in [1.54, 1.807) is 0 Å². The summed E-state index contributed by atoms with van der Waals surface area (Å²) >= 11 is 0. The van der Waals surface area contributed by atoms with E-state index in [1.807, 2.05) is 31.2 Å². The lowest BCUT2D eigenvalue weighted by Crippen LogP contribution is -2.51. The van der Waals surface area contributed by atoms with Crippen molar-refractivity contribution in [2.24, 2.45) is 0 Å². The van der Waals surface area contributed by atoms with Crippen molar-refractivity contribution in [2.45, 2.75) is 25.9 Å². The van der Waals surface area contributed by atoms with Crippen LogP contribution in [0, 0.1) is 6.92 Å². The number of rotatable bonds is 6. The summed E-state index contributed by atoms with van der Waals surface area (Å²) in [6.07, 6.45) is -0.0872. The highest BCUT2D eigenvalue weighted by molar-refractivity contribution is 5.85. The fourth-order valence-electron chi connectivity index (χ4n) is 2.41. The Hall–Kier alpha value is -2.41. The first kappa shape index (κ1) is 17.9. The Morgan fingerprint density at radius 3 is 2.67 bits per heavy atom. The number of hydrogen-bond acceptors (Lipinski definition) is 4. The van der Waals surface area contributed by atoms with E-state index in [4.69, 9.17) is 9.84 Å². The highest BCUT2D eigenvalue weighted by Crippen LogP contribution is 2.07. The highest BCUT2D eigenvalue weighted by atomic mass is 16.5. The minimum atomic E-state index is -1.09. The lowest BCUT2D eigenvalue weighted by Gasteiger charge is -2.30. The Morgan fingerprint density at radius 2 is 2.00 bits per heavy atom. The number of amides is 2. The van der Waals surface area contributed by atoms with Crippen LogP contribution in [0.5, 0.6) is 0 Å². The molecule has 1 unspecified atom stereocenters. The molecular formula is C17H22N2O5. The largest absolute Gasteiger partial charge is 0.479 e. The lowest BCUT2D eigenvalue weighted by molar-refractivity contribution is -0.159. The van der Waals surface area contributed by atoms with E-state index in [2.05, 4.69) is 5.32 Å². The Labute approximate surface area is 140 Å². The summed E-state index contributed by atoms with van der Waals surface area (Å²) in [7, 11) is 0. The topological polar surface area (TPSA) is 95.9 Å². The van der Waals surface area contributed by atoms with E-state index in [-0.39, 0.29) is 31.5 Å². The van der Waals surface area contributed by atoms with E-state index in [9.17, 15) is 14.4 Å². The van der Waals surface area contributed by atoms with Gasteiger partial charge in [0.05, 0.1) is 19.7 Å². The van der Waals surface area contributed by atoms with E-state index in [0.717, 1.165) is 5.56 Å². The monoisotopic (exact) mass is 334 g/mol. The van der Waals surface area contributed by atoms with Crippen LogP contribution in [-0.4, -0.2) is 60.1 Å². The molecule has 130 valence electrons. The van der Waals surface area contributed by atoms with Crippen molar-refractivity contribution in [1.82, 2.24) is 10.2 Å². The fraction of sp³-hybridized carbons (Fsp3) is 0.471. The standard InChI is InChI=1S/C17H22N2O5/c1-12-2-4-13(5-3-12)6-7-15(20)18-10-16(21)19-8-9-24-14(11-19)17(22)23/h2-5,14H,6-11H2,1H3,(H,18,20)(H,22,23). The van der Waals surface area contributed by atoms with Gasteiger partial charge in [-0.25, -0.2) is 4.79 Å². The molecule has 1 heterocycles. The fourth-order valence-corrected chi connectivity index (χ4v) is 2.41. The maximum absolute atomic E-state index is 12.0. The third kappa shape index (κ3) is 5.34. The van der Waals surface area contributed by atoms with Gasteiger partial charge < -0.3 is 20.1 Å². The lowest BCUT2D eigenvalue weighted by atomic mass is 10.1. The average Bonchev–Trinajstić information content (AvgIpc) is 2.59. The molecule has 2 rings (SSSR count). The number of nitrogens with one attached hydrogen (secondary N) is 1. The normalized spacial score (nSPS) is 17.4. The Balaban J connectivity index is 1.71. The van der Waals surface area contributed by atoms with Crippen molar-refractivity contribution in [2.75, 3.05) is 26.2 Å². The number of hydrogen-bond donors (Lipinski definition) is 2. The number of aliphatic carboxylic acids is 1. The van der Waals surface area contributed by atoms with E-state index in [1.165, 1.54) is 10.5 Å². The van der Waals surface area contributed by atoms with E-state index >= 15 is 0 Å². The third-order valence-electron chi connectivity index (χ3n) is 3.89. The highest BCUT2D eigenvalue weighted by Gasteiger charge is 2.28. The molecule has 1 aromatic carbocycles. The zero-order valence-corrected chi connectivity index (χ0v) is 13.7. The minimum absolute atomic E-state index is 0.00734. The third-order valence-corrected chi connectivity index (χ3v) is 3.89. The van der Waals surface area contributed by atoms with Gasteiger partial charge in [0.25, 0.3) is 0 Å². The van der Waals surface area contributed by atoms with Crippen molar-refractivity contribution in [1.29, 1.82) is 0 Å². The SMILES string of the molecule is Cc1ccc(CCC(=O)NCC(=O)N2CCOC(C(=O)O)C2)cc1. The predicted octanol–water partition coefficient (Wildman–Crippen LogP) is 0.356. The van der Waals surface area contributed by atoms with E-state index < -0.39 is 12.1 Å². The molecular weight excluding hydrogens is 312 g/mol. The molecule has 0 saturated carbocycles. The Morgan fingerprint density at radius 1 is 1.29 bits per heavy atom. The van der Waals surface area contributed by atoms with Gasteiger partial charge in [0.15, 0.2) is 6.10 Å². The van der Waals surface area contributed by atoms with Crippen molar-refractivity contribution in [3.05, 3.63) is 35.4 Å². The van der Waals surface area contributed by atoms with Gasteiger partial charge in [0.2, 0.25) is 11.8 Å². The number of carboxylic acids is 1. The number of carbonyl (C=O) groups excluding carboxylic acids is 2. The first-order chi connectivity index (χ1) is 11.5. The molecule has 0 spiro atoms. The number of carboxylic acid groups (broad SMARTS) is 1. The number of aryl methyl sites for hydroxylation is 2. The number of benzene rings is 1. The molecule has 2 amide bonds. The van der Waals surface area contributed by atoms with Crippen molar-refractivity contribution >= 4 is 17.8 Å². The number of carbonyl (C=O) groups is 3. The molecule has 0 radical (unpaired) electrons. The van der Waals surface area contributed by atoms with Crippen LogP contribution < -0.4 is 5.32 Å². The quantitative estimate of drug-likeness (QED) is 0.783. The van der Waals surface area contributed by atoms with Crippen LogP contribution in [0.15, 0.2) is 24.3 Å². The summed E-state index contributed by atoms with van der Waals surface area (Å²) in [5.74, 6) is -1.59. The second-order valence-corrected chi connectivity index (χ2v) is 5.80. The summed E-state index contributed by atoms with van der Waals surface area (Å²) in [5, 5.41) is 11.5. The molecule has 0 aliphatic carbocycles. The van der Waals surface area contributed by atoms with Gasteiger partial charge in [-0.15, -0.1) is 0 Å². The molecule has 24 heavy (non-hydrogen) atoms. The molecule has 1 saturated heterocycles. The van der Waals surface area contributed by atoms with Crippen molar-refractivity contribution in [3.63, 3.8) is 0 Å². The van der Waals surface area contributed by atoms with Crippen molar-refractivity contribution in [3.8, 4) is 0 Å². The zero-order valence-electron chi connectivity index (χ0n) is 13.7. The summed E-state index contributed by atoms with van der Waals surface area (Å²) in [5.41, 5.74) is 2.23. The summed E-state index contributed by atoms with van der Waals surface area (Å²) < 4.78 is 5.06. The molecule has 1 aliphatic heterocycles. The van der Waals surface area contributed by atoms with Crippen LogP contribution in [0.4, 0.5) is 0 Å². The number of morpholine rings is 1. The smallest absolute Gasteiger partial charge is 0.334 e. The summed E-state index contributed by atoms with van der Waals surface area (Å²) in [4.78, 5) is 36.2. The van der Waals surface area contributed by atoms with Gasteiger partial charge in [-0.1, -0.05) is 29.8 Å². The average molecular weight is 334 g/mol. The van der Waals surface area contributed by atoms with Crippen LogP contribution in [0.2, 0.25) is 0 Å². The molecule has 1 aromatic rings. The second-order valence-electron chi connectivity index (χ2n) is 5.80. The van der Waals surface area contributed by atoms with Crippen LogP contribution in [-0.2, 0) is 25.5 Å². The van der Waals surface area contributed by atoms with Crippen LogP contribution >= 0.6 is 0 Å². The first-order valence-electron chi connectivity index (χ1n) is 7.90. The second kappa shape index (κ2) is 8.44. The number of ether oxygens (including phenoxy) is 1. The molecule has 2 N–H and O–H groups in total. The zero-order chi connectivity index (χ0) is 17.5. The molecule has 0 aromatic heterocycles. The molecule has 7 heteroatoms. The van der Waals surface area contributed by atoms with Gasteiger partial charge in [0, 0.05) is 13.0 Å². The molecule has 0 bridgehead atoms.